The highest BCUT2D eigenvalue weighted by molar-refractivity contribution is 6.07. The lowest BCUT2D eigenvalue weighted by Gasteiger charge is -2.32. The molecule has 4 atom stereocenters. The zero-order valence-electron chi connectivity index (χ0n) is 16.0. The van der Waals surface area contributed by atoms with E-state index in [0.29, 0.717) is 5.39 Å². The standard InChI is InChI=1S/C23H18F2O6/c24-23(25)21(29)31-20(22(23,30)19(28)14-7-2-1-3-8-14)18(27)17(26)16-11-10-13-6-4-5-9-15(13)12-16/h1-12,18,20-21,27,29-30H/t18?,20-,21?,22-/m1/s1. The molecular weight excluding hydrogens is 410 g/mol. The molecule has 0 spiro atoms. The fraction of sp³-hybridized carbons (Fsp3) is 0.217. The number of ketones is 2. The third-order valence-electron chi connectivity index (χ3n) is 5.48. The number of alkyl halides is 2. The number of hydrogen-bond acceptors (Lipinski definition) is 6. The van der Waals surface area contributed by atoms with Crippen LogP contribution >= 0.6 is 0 Å². The lowest BCUT2D eigenvalue weighted by Crippen LogP contribution is -2.62. The van der Waals surface area contributed by atoms with Crippen LogP contribution in [0.5, 0.6) is 0 Å². The van der Waals surface area contributed by atoms with E-state index in [0.717, 1.165) is 5.39 Å². The molecule has 6 nitrogen and oxygen atoms in total. The molecule has 0 saturated carbocycles. The highest BCUT2D eigenvalue weighted by Gasteiger charge is 2.74. The van der Waals surface area contributed by atoms with Crippen molar-refractivity contribution in [2.45, 2.75) is 30.0 Å². The molecule has 8 heteroatoms. The van der Waals surface area contributed by atoms with E-state index in [1.54, 1.807) is 30.3 Å². The van der Waals surface area contributed by atoms with Crippen molar-refractivity contribution in [3.8, 4) is 0 Å². The summed E-state index contributed by atoms with van der Waals surface area (Å²) in [6.07, 6.45) is -7.64. The number of rotatable bonds is 5. The minimum Gasteiger partial charge on any atom is -0.382 e. The number of Topliss-reactive ketones (excluding diaryl/α,β-unsaturated/α-hetero) is 2. The Balaban J connectivity index is 1.73. The van der Waals surface area contributed by atoms with Crippen molar-refractivity contribution in [2.24, 2.45) is 0 Å². The van der Waals surface area contributed by atoms with E-state index in [1.165, 1.54) is 42.5 Å². The number of benzene rings is 3. The molecule has 4 rings (SSSR count). The van der Waals surface area contributed by atoms with E-state index >= 15 is 0 Å². The maximum atomic E-state index is 14.7. The van der Waals surface area contributed by atoms with Gasteiger partial charge in [-0.05, 0) is 16.8 Å². The predicted molar refractivity (Wildman–Crippen MR) is 106 cm³/mol. The van der Waals surface area contributed by atoms with Gasteiger partial charge < -0.3 is 20.1 Å². The quantitative estimate of drug-likeness (QED) is 0.539. The summed E-state index contributed by atoms with van der Waals surface area (Å²) in [4.78, 5) is 25.7. The zero-order chi connectivity index (χ0) is 22.4. The van der Waals surface area contributed by atoms with Crippen LogP contribution in [0.25, 0.3) is 10.8 Å². The first-order chi connectivity index (χ1) is 14.7. The molecule has 0 bridgehead atoms. The van der Waals surface area contributed by atoms with Gasteiger partial charge in [0.15, 0.2) is 5.78 Å². The summed E-state index contributed by atoms with van der Waals surface area (Å²) in [5, 5.41) is 32.6. The maximum Gasteiger partial charge on any atom is 0.335 e. The minimum absolute atomic E-state index is 0.0333. The normalized spacial score (nSPS) is 26.0. The lowest BCUT2D eigenvalue weighted by molar-refractivity contribution is -0.209. The Labute approximate surface area is 175 Å². The number of fused-ring (bicyclic) bond motifs is 1. The largest absolute Gasteiger partial charge is 0.382 e. The van der Waals surface area contributed by atoms with Gasteiger partial charge in [-0.25, -0.2) is 0 Å². The van der Waals surface area contributed by atoms with Crippen molar-refractivity contribution in [1.29, 1.82) is 0 Å². The van der Waals surface area contributed by atoms with Gasteiger partial charge in [0.05, 0.1) is 0 Å². The van der Waals surface area contributed by atoms with Crippen molar-refractivity contribution in [3.63, 3.8) is 0 Å². The van der Waals surface area contributed by atoms with E-state index in [2.05, 4.69) is 0 Å². The van der Waals surface area contributed by atoms with Crippen LogP contribution in [0.2, 0.25) is 0 Å². The Kier molecular flexibility index (Phi) is 5.18. The molecule has 1 fully saturated rings. The Morgan fingerprint density at radius 3 is 2.19 bits per heavy atom. The van der Waals surface area contributed by atoms with Crippen LogP contribution < -0.4 is 0 Å². The minimum atomic E-state index is -4.48. The van der Waals surface area contributed by atoms with Gasteiger partial charge in [-0.1, -0.05) is 66.7 Å². The van der Waals surface area contributed by atoms with E-state index in [1.807, 2.05) is 0 Å². The zero-order valence-corrected chi connectivity index (χ0v) is 16.0. The van der Waals surface area contributed by atoms with Gasteiger partial charge in [-0.2, -0.15) is 8.78 Å². The van der Waals surface area contributed by atoms with Gasteiger partial charge in [0, 0.05) is 11.1 Å². The van der Waals surface area contributed by atoms with Crippen molar-refractivity contribution in [3.05, 3.63) is 83.9 Å². The van der Waals surface area contributed by atoms with Crippen LogP contribution in [0.4, 0.5) is 8.78 Å². The van der Waals surface area contributed by atoms with Crippen molar-refractivity contribution in [1.82, 2.24) is 0 Å². The number of aliphatic hydroxyl groups excluding tert-OH is 2. The average molecular weight is 428 g/mol. The van der Waals surface area contributed by atoms with Crippen LogP contribution in [-0.2, 0) is 4.74 Å². The summed E-state index contributed by atoms with van der Waals surface area (Å²) in [5.74, 6) is -7.00. The molecule has 0 amide bonds. The van der Waals surface area contributed by atoms with Crippen molar-refractivity contribution in [2.75, 3.05) is 0 Å². The van der Waals surface area contributed by atoms with Crippen molar-refractivity contribution >= 4 is 22.3 Å². The first-order valence-corrected chi connectivity index (χ1v) is 9.42. The summed E-state index contributed by atoms with van der Waals surface area (Å²) in [6, 6.07) is 18.2. The molecule has 31 heavy (non-hydrogen) atoms. The second-order valence-electron chi connectivity index (χ2n) is 7.36. The number of carbonyl (C=O) groups excluding carboxylic acids is 2. The molecule has 0 radical (unpaired) electrons. The molecule has 3 aromatic rings. The fourth-order valence-corrected chi connectivity index (χ4v) is 3.74. The first kappa shape index (κ1) is 21.2. The van der Waals surface area contributed by atoms with E-state index in [4.69, 9.17) is 4.74 Å². The van der Waals surface area contributed by atoms with Gasteiger partial charge in [0.25, 0.3) is 0 Å². The first-order valence-electron chi connectivity index (χ1n) is 9.42. The summed E-state index contributed by atoms with van der Waals surface area (Å²) < 4.78 is 34.2. The molecule has 1 aliphatic heterocycles. The average Bonchev–Trinajstić information content (AvgIpc) is 2.98. The Morgan fingerprint density at radius 2 is 1.52 bits per heavy atom. The predicted octanol–water partition coefficient (Wildman–Crippen LogP) is 2.35. The second kappa shape index (κ2) is 7.58. The van der Waals surface area contributed by atoms with Crippen LogP contribution in [-0.4, -0.2) is 56.9 Å². The summed E-state index contributed by atoms with van der Waals surface area (Å²) in [6.45, 7) is 0. The third-order valence-corrected chi connectivity index (χ3v) is 5.48. The van der Waals surface area contributed by atoms with Crippen LogP contribution in [0.3, 0.4) is 0 Å². The van der Waals surface area contributed by atoms with E-state index in [9.17, 15) is 33.7 Å². The molecule has 1 heterocycles. The Bertz CT molecular complexity index is 1150. The highest BCUT2D eigenvalue weighted by Crippen LogP contribution is 2.46. The van der Waals surface area contributed by atoms with Gasteiger partial charge in [0.2, 0.25) is 17.7 Å². The number of ether oxygens (including phenoxy) is 1. The molecule has 0 aromatic heterocycles. The van der Waals surface area contributed by atoms with Gasteiger partial charge in [0.1, 0.15) is 12.2 Å². The lowest BCUT2D eigenvalue weighted by atomic mass is 9.80. The molecule has 3 N–H and O–H groups in total. The maximum absolute atomic E-state index is 14.7. The number of halogens is 2. The van der Waals surface area contributed by atoms with Crippen molar-refractivity contribution < 1.29 is 38.4 Å². The monoisotopic (exact) mass is 428 g/mol. The van der Waals surface area contributed by atoms with E-state index in [-0.39, 0.29) is 11.1 Å². The number of aliphatic hydroxyl groups is 3. The number of hydrogen-bond donors (Lipinski definition) is 3. The van der Waals surface area contributed by atoms with Crippen LogP contribution in [0.15, 0.2) is 72.8 Å². The molecular formula is C23H18F2O6. The molecule has 160 valence electrons. The second-order valence-corrected chi connectivity index (χ2v) is 7.36. The third kappa shape index (κ3) is 3.24. The molecule has 1 aliphatic rings. The van der Waals surface area contributed by atoms with Gasteiger partial charge in [-0.15, -0.1) is 0 Å². The Morgan fingerprint density at radius 1 is 0.903 bits per heavy atom. The topological polar surface area (TPSA) is 104 Å². The summed E-state index contributed by atoms with van der Waals surface area (Å²) in [7, 11) is 0. The molecule has 3 aromatic carbocycles. The van der Waals surface area contributed by atoms with Crippen LogP contribution in [0.1, 0.15) is 20.7 Å². The summed E-state index contributed by atoms with van der Waals surface area (Å²) in [5.41, 5.74) is -3.99. The highest BCUT2D eigenvalue weighted by atomic mass is 19.3. The van der Waals surface area contributed by atoms with Crippen LogP contribution in [0, 0.1) is 0 Å². The SMILES string of the molecule is O=C(c1ccc2ccccc2c1)C(O)[C@H]1OC(O)C(F)(F)[C@@]1(O)C(=O)c1ccccc1. The summed E-state index contributed by atoms with van der Waals surface area (Å²) >= 11 is 0. The van der Waals surface area contributed by atoms with E-state index < -0.39 is 41.6 Å². The molecule has 2 unspecified atom stereocenters. The molecule has 0 aliphatic carbocycles. The Hall–Kier alpha value is -3.04. The smallest absolute Gasteiger partial charge is 0.335 e. The van der Waals surface area contributed by atoms with Gasteiger partial charge >= 0.3 is 5.92 Å². The molecule has 1 saturated heterocycles. The fourth-order valence-electron chi connectivity index (χ4n) is 3.74. The number of carbonyl (C=O) groups is 2. The van der Waals surface area contributed by atoms with Gasteiger partial charge in [-0.3, -0.25) is 9.59 Å².